The normalized spacial score (nSPS) is 28.6. The minimum absolute atomic E-state index is 0.0251. The maximum Gasteiger partial charge on any atom is 0.147 e. The minimum Gasteiger partial charge on any atom is -0.327 e. The van der Waals surface area contributed by atoms with Crippen molar-refractivity contribution in [1.82, 2.24) is 4.98 Å². The van der Waals surface area contributed by atoms with E-state index in [1.807, 2.05) is 20.8 Å². The summed E-state index contributed by atoms with van der Waals surface area (Å²) in [4.78, 5) is 18.0. The summed E-state index contributed by atoms with van der Waals surface area (Å²) in [6.45, 7) is 6.05. The van der Waals surface area contributed by atoms with Crippen LogP contribution in [-0.4, -0.2) is 16.8 Å². The van der Waals surface area contributed by atoms with Gasteiger partial charge in [0.15, 0.2) is 0 Å². The SMILES string of the molecule is Cc1nc(CC(=O)C2(C)CCCC2N)sc1C. The molecule has 0 amide bonds. The largest absolute Gasteiger partial charge is 0.327 e. The van der Waals surface area contributed by atoms with Gasteiger partial charge in [-0.25, -0.2) is 4.98 Å². The minimum atomic E-state index is -0.326. The first-order chi connectivity index (χ1) is 7.93. The number of Topliss-reactive ketones (excluding diaryl/α,β-unsaturated/α-hetero) is 1. The third-order valence-corrected chi connectivity index (χ3v) is 5.12. The number of nitrogens with two attached hydrogens (primary N) is 1. The van der Waals surface area contributed by atoms with Crippen molar-refractivity contribution in [3.63, 3.8) is 0 Å². The Kier molecular flexibility index (Phi) is 3.36. The highest BCUT2D eigenvalue weighted by molar-refractivity contribution is 7.11. The van der Waals surface area contributed by atoms with Crippen LogP contribution in [0.3, 0.4) is 0 Å². The Balaban J connectivity index is 2.11. The summed E-state index contributed by atoms with van der Waals surface area (Å²) in [7, 11) is 0. The second kappa shape index (κ2) is 4.50. The number of carbonyl (C=O) groups excluding carboxylic acids is 1. The standard InChI is InChI=1S/C13H20N2OS/c1-8-9(2)17-12(15-8)7-11(16)13(3)6-4-5-10(13)14/h10H,4-7,14H2,1-3H3. The second-order valence-electron chi connectivity index (χ2n) is 5.27. The third kappa shape index (κ3) is 2.29. The molecule has 1 heterocycles. The van der Waals surface area contributed by atoms with Crippen molar-refractivity contribution in [3.8, 4) is 0 Å². The number of carbonyl (C=O) groups is 1. The van der Waals surface area contributed by atoms with Crippen LogP contribution < -0.4 is 5.73 Å². The Morgan fingerprint density at radius 1 is 1.59 bits per heavy atom. The van der Waals surface area contributed by atoms with Gasteiger partial charge in [0, 0.05) is 16.3 Å². The Hall–Kier alpha value is -0.740. The van der Waals surface area contributed by atoms with E-state index in [0.717, 1.165) is 30.0 Å². The Labute approximate surface area is 106 Å². The second-order valence-corrected chi connectivity index (χ2v) is 6.55. The van der Waals surface area contributed by atoms with Gasteiger partial charge in [-0.3, -0.25) is 4.79 Å². The molecular weight excluding hydrogens is 232 g/mol. The number of aryl methyl sites for hydroxylation is 2. The first-order valence-corrected chi connectivity index (χ1v) is 6.97. The van der Waals surface area contributed by atoms with Crippen molar-refractivity contribution in [2.75, 3.05) is 0 Å². The molecule has 17 heavy (non-hydrogen) atoms. The van der Waals surface area contributed by atoms with Gasteiger partial charge < -0.3 is 5.73 Å². The van der Waals surface area contributed by atoms with Crippen LogP contribution in [0.2, 0.25) is 0 Å². The molecule has 2 atom stereocenters. The molecule has 2 N–H and O–H groups in total. The average Bonchev–Trinajstić information content (AvgIpc) is 2.74. The van der Waals surface area contributed by atoms with Crippen LogP contribution in [0, 0.1) is 19.3 Å². The Morgan fingerprint density at radius 3 is 2.76 bits per heavy atom. The van der Waals surface area contributed by atoms with Crippen LogP contribution in [0.25, 0.3) is 0 Å². The summed E-state index contributed by atoms with van der Waals surface area (Å²) in [5, 5.41) is 0.935. The van der Waals surface area contributed by atoms with Gasteiger partial charge in [0.25, 0.3) is 0 Å². The summed E-state index contributed by atoms with van der Waals surface area (Å²) in [6.07, 6.45) is 3.41. The molecule has 2 unspecified atom stereocenters. The molecule has 1 aliphatic carbocycles. The molecule has 3 nitrogen and oxygen atoms in total. The van der Waals surface area contributed by atoms with Crippen LogP contribution in [0.1, 0.15) is 41.8 Å². The first kappa shape index (κ1) is 12.7. The van der Waals surface area contributed by atoms with Crippen molar-refractivity contribution < 1.29 is 4.79 Å². The third-order valence-electron chi connectivity index (χ3n) is 4.05. The summed E-state index contributed by atoms with van der Waals surface area (Å²) in [6, 6.07) is 0.0251. The van der Waals surface area contributed by atoms with Crippen LogP contribution >= 0.6 is 11.3 Å². The van der Waals surface area contributed by atoms with Gasteiger partial charge in [-0.15, -0.1) is 11.3 Å². The molecule has 1 aromatic heterocycles. The molecule has 2 rings (SSSR count). The lowest BCUT2D eigenvalue weighted by Crippen LogP contribution is -2.41. The number of rotatable bonds is 3. The highest BCUT2D eigenvalue weighted by Gasteiger charge is 2.42. The molecule has 94 valence electrons. The van der Waals surface area contributed by atoms with Gasteiger partial charge in [-0.05, 0) is 26.7 Å². The molecule has 0 saturated heterocycles. The lowest BCUT2D eigenvalue weighted by atomic mass is 9.79. The number of ketones is 1. The summed E-state index contributed by atoms with van der Waals surface area (Å²) >= 11 is 1.63. The molecule has 0 aromatic carbocycles. The predicted molar refractivity (Wildman–Crippen MR) is 70.2 cm³/mol. The van der Waals surface area contributed by atoms with E-state index in [4.69, 9.17) is 5.73 Å². The van der Waals surface area contributed by atoms with E-state index >= 15 is 0 Å². The number of nitrogens with zero attached hydrogens (tertiary/aromatic N) is 1. The van der Waals surface area contributed by atoms with E-state index in [2.05, 4.69) is 4.98 Å². The lowest BCUT2D eigenvalue weighted by molar-refractivity contribution is -0.127. The van der Waals surface area contributed by atoms with Crippen molar-refractivity contribution in [1.29, 1.82) is 0 Å². The summed E-state index contributed by atoms with van der Waals surface area (Å²) in [5.41, 5.74) is 6.78. The van der Waals surface area contributed by atoms with Crippen molar-refractivity contribution >= 4 is 17.1 Å². The fourth-order valence-electron chi connectivity index (χ4n) is 2.49. The zero-order chi connectivity index (χ0) is 12.6. The van der Waals surface area contributed by atoms with Crippen LogP contribution in [0.4, 0.5) is 0 Å². The van der Waals surface area contributed by atoms with E-state index in [-0.39, 0.29) is 17.2 Å². The van der Waals surface area contributed by atoms with Crippen LogP contribution in [0.15, 0.2) is 0 Å². The first-order valence-electron chi connectivity index (χ1n) is 6.15. The zero-order valence-corrected chi connectivity index (χ0v) is 11.6. The van der Waals surface area contributed by atoms with Gasteiger partial charge in [0.2, 0.25) is 0 Å². The number of hydrogen-bond donors (Lipinski definition) is 1. The van der Waals surface area contributed by atoms with Crippen molar-refractivity contribution in [3.05, 3.63) is 15.6 Å². The molecular formula is C13H20N2OS. The van der Waals surface area contributed by atoms with Gasteiger partial charge >= 0.3 is 0 Å². The number of aromatic nitrogens is 1. The molecule has 0 radical (unpaired) electrons. The maximum absolute atomic E-state index is 12.4. The molecule has 0 bridgehead atoms. The monoisotopic (exact) mass is 252 g/mol. The average molecular weight is 252 g/mol. The molecule has 4 heteroatoms. The zero-order valence-electron chi connectivity index (χ0n) is 10.7. The fraction of sp³-hybridized carbons (Fsp3) is 0.692. The lowest BCUT2D eigenvalue weighted by Gasteiger charge is -2.26. The fourth-order valence-corrected chi connectivity index (χ4v) is 3.43. The molecule has 1 aliphatic rings. The highest BCUT2D eigenvalue weighted by Crippen LogP contribution is 2.38. The molecule has 0 aliphatic heterocycles. The predicted octanol–water partition coefficient (Wildman–Crippen LogP) is 2.39. The molecule has 1 aromatic rings. The molecule has 0 spiro atoms. The van der Waals surface area contributed by atoms with E-state index in [0.29, 0.717) is 6.42 Å². The van der Waals surface area contributed by atoms with E-state index in [1.54, 1.807) is 11.3 Å². The van der Waals surface area contributed by atoms with Crippen molar-refractivity contribution in [2.24, 2.45) is 11.1 Å². The summed E-state index contributed by atoms with van der Waals surface area (Å²) in [5.74, 6) is 0.260. The Bertz CT molecular complexity index is 421. The van der Waals surface area contributed by atoms with E-state index < -0.39 is 0 Å². The smallest absolute Gasteiger partial charge is 0.147 e. The topological polar surface area (TPSA) is 56.0 Å². The van der Waals surface area contributed by atoms with Crippen LogP contribution in [0.5, 0.6) is 0 Å². The molecule has 1 saturated carbocycles. The van der Waals surface area contributed by atoms with Crippen molar-refractivity contribution in [2.45, 2.75) is 52.5 Å². The number of hydrogen-bond acceptors (Lipinski definition) is 4. The van der Waals surface area contributed by atoms with Gasteiger partial charge in [0.1, 0.15) is 10.8 Å². The van der Waals surface area contributed by atoms with E-state index in [1.165, 1.54) is 4.88 Å². The van der Waals surface area contributed by atoms with Gasteiger partial charge in [-0.2, -0.15) is 0 Å². The van der Waals surface area contributed by atoms with E-state index in [9.17, 15) is 4.79 Å². The Morgan fingerprint density at radius 2 is 2.29 bits per heavy atom. The highest BCUT2D eigenvalue weighted by atomic mass is 32.1. The van der Waals surface area contributed by atoms with Gasteiger partial charge in [-0.1, -0.05) is 13.3 Å². The maximum atomic E-state index is 12.4. The van der Waals surface area contributed by atoms with Crippen LogP contribution in [-0.2, 0) is 11.2 Å². The quantitative estimate of drug-likeness (QED) is 0.898. The summed E-state index contributed by atoms with van der Waals surface area (Å²) < 4.78 is 0. The van der Waals surface area contributed by atoms with Gasteiger partial charge in [0.05, 0.1) is 12.1 Å². The molecule has 1 fully saturated rings. The number of thiazole rings is 1.